The molecule has 0 spiro atoms. The van der Waals surface area contributed by atoms with Crippen LogP contribution in [0.1, 0.15) is 5.56 Å². The monoisotopic (exact) mass is 243 g/mol. The van der Waals surface area contributed by atoms with Crippen LogP contribution >= 0.6 is 28.1 Å². The zero-order chi connectivity index (χ0) is 8.55. The lowest BCUT2D eigenvalue weighted by atomic mass is 10.2. The molecule has 0 saturated carbocycles. The summed E-state index contributed by atoms with van der Waals surface area (Å²) in [4.78, 5) is 0. The standard InChI is InChI=1S/C8H6BrNOS/c9-6-2-1-5-4-10-8(12)11-7(5)3-6/h1-3H,4H2,(H,10,12). The van der Waals surface area contributed by atoms with Crippen molar-refractivity contribution in [2.75, 3.05) is 0 Å². The van der Waals surface area contributed by atoms with Gasteiger partial charge in [-0.15, -0.1) is 0 Å². The molecule has 1 aliphatic heterocycles. The van der Waals surface area contributed by atoms with E-state index < -0.39 is 0 Å². The maximum atomic E-state index is 5.30. The molecule has 1 aromatic carbocycles. The lowest BCUT2D eigenvalue weighted by Crippen LogP contribution is -2.30. The van der Waals surface area contributed by atoms with Gasteiger partial charge in [0.05, 0.1) is 0 Å². The fourth-order valence-electron chi connectivity index (χ4n) is 1.07. The molecular formula is C8H6BrNOS. The number of nitrogens with one attached hydrogen (secondary N) is 1. The molecule has 0 amide bonds. The van der Waals surface area contributed by atoms with Gasteiger partial charge in [0.25, 0.3) is 5.17 Å². The summed E-state index contributed by atoms with van der Waals surface area (Å²) in [7, 11) is 0. The van der Waals surface area contributed by atoms with Crippen molar-refractivity contribution >= 4 is 33.3 Å². The normalized spacial score (nSPS) is 14.6. The molecule has 2 rings (SSSR count). The third-order valence-electron chi connectivity index (χ3n) is 1.66. The molecule has 1 aliphatic rings. The topological polar surface area (TPSA) is 21.3 Å². The molecule has 62 valence electrons. The number of thiocarbonyl (C=S) groups is 1. The summed E-state index contributed by atoms with van der Waals surface area (Å²) in [6.07, 6.45) is 0. The molecular weight excluding hydrogens is 238 g/mol. The first-order chi connectivity index (χ1) is 5.75. The van der Waals surface area contributed by atoms with E-state index in [1.807, 2.05) is 18.2 Å². The van der Waals surface area contributed by atoms with Crippen LogP contribution in [0.4, 0.5) is 0 Å². The molecule has 0 aromatic heterocycles. The van der Waals surface area contributed by atoms with Crippen molar-refractivity contribution in [2.45, 2.75) is 6.54 Å². The molecule has 1 N–H and O–H groups in total. The Morgan fingerprint density at radius 1 is 1.50 bits per heavy atom. The second-order valence-corrected chi connectivity index (χ2v) is 3.78. The van der Waals surface area contributed by atoms with E-state index in [1.165, 1.54) is 0 Å². The van der Waals surface area contributed by atoms with Gasteiger partial charge in [0.15, 0.2) is 0 Å². The predicted molar refractivity (Wildman–Crippen MR) is 54.2 cm³/mol. The minimum atomic E-state index is 0.445. The van der Waals surface area contributed by atoms with Crippen LogP contribution in [0.3, 0.4) is 0 Å². The first-order valence-corrected chi connectivity index (χ1v) is 4.70. The summed E-state index contributed by atoms with van der Waals surface area (Å²) >= 11 is 8.24. The van der Waals surface area contributed by atoms with Gasteiger partial charge in [-0.05, 0) is 24.4 Å². The van der Waals surface area contributed by atoms with Crippen molar-refractivity contribution in [1.29, 1.82) is 0 Å². The molecule has 0 bridgehead atoms. The summed E-state index contributed by atoms with van der Waals surface area (Å²) in [6.45, 7) is 0.751. The lowest BCUT2D eigenvalue weighted by Gasteiger charge is -2.18. The van der Waals surface area contributed by atoms with E-state index in [0.717, 1.165) is 22.3 Å². The highest BCUT2D eigenvalue weighted by Crippen LogP contribution is 2.25. The quantitative estimate of drug-likeness (QED) is 0.707. The number of halogens is 1. The number of benzene rings is 1. The van der Waals surface area contributed by atoms with Crippen LogP contribution < -0.4 is 10.1 Å². The van der Waals surface area contributed by atoms with Gasteiger partial charge in [0.1, 0.15) is 5.75 Å². The average molecular weight is 244 g/mol. The Balaban J connectivity index is 2.44. The highest BCUT2D eigenvalue weighted by molar-refractivity contribution is 9.10. The van der Waals surface area contributed by atoms with Crippen molar-refractivity contribution in [3.05, 3.63) is 28.2 Å². The van der Waals surface area contributed by atoms with Crippen LogP contribution in [0.25, 0.3) is 0 Å². The number of hydrogen-bond donors (Lipinski definition) is 1. The minimum Gasteiger partial charge on any atom is -0.432 e. The number of ether oxygens (including phenoxy) is 1. The van der Waals surface area contributed by atoms with E-state index in [2.05, 4.69) is 21.2 Å². The van der Waals surface area contributed by atoms with Crippen LogP contribution in [-0.2, 0) is 6.54 Å². The van der Waals surface area contributed by atoms with Gasteiger partial charge in [-0.2, -0.15) is 0 Å². The Morgan fingerprint density at radius 2 is 2.33 bits per heavy atom. The molecule has 0 fully saturated rings. The maximum Gasteiger partial charge on any atom is 0.262 e. The summed E-state index contributed by atoms with van der Waals surface area (Å²) in [6, 6.07) is 5.91. The highest BCUT2D eigenvalue weighted by Gasteiger charge is 2.12. The summed E-state index contributed by atoms with van der Waals surface area (Å²) in [5, 5.41) is 3.40. The Morgan fingerprint density at radius 3 is 3.17 bits per heavy atom. The Labute approximate surface area is 84.0 Å². The molecule has 2 nitrogen and oxygen atoms in total. The fourth-order valence-corrected chi connectivity index (χ4v) is 1.57. The number of rotatable bonds is 0. The highest BCUT2D eigenvalue weighted by atomic mass is 79.9. The van der Waals surface area contributed by atoms with Crippen molar-refractivity contribution in [3.63, 3.8) is 0 Å². The third-order valence-corrected chi connectivity index (χ3v) is 2.38. The maximum absolute atomic E-state index is 5.30. The van der Waals surface area contributed by atoms with Gasteiger partial charge >= 0.3 is 0 Å². The Bertz CT molecular complexity index is 340. The second kappa shape index (κ2) is 3.03. The summed E-state index contributed by atoms with van der Waals surface area (Å²) in [5.74, 6) is 0.841. The molecule has 4 heteroatoms. The van der Waals surface area contributed by atoms with E-state index in [4.69, 9.17) is 17.0 Å². The lowest BCUT2D eigenvalue weighted by molar-refractivity contribution is 0.497. The van der Waals surface area contributed by atoms with Gasteiger partial charge in [-0.1, -0.05) is 22.0 Å². The van der Waals surface area contributed by atoms with Crippen LogP contribution in [0.15, 0.2) is 22.7 Å². The van der Waals surface area contributed by atoms with Gasteiger partial charge in [-0.3, -0.25) is 0 Å². The van der Waals surface area contributed by atoms with Crippen LogP contribution in [-0.4, -0.2) is 5.17 Å². The largest absolute Gasteiger partial charge is 0.432 e. The van der Waals surface area contributed by atoms with Gasteiger partial charge in [0.2, 0.25) is 0 Å². The van der Waals surface area contributed by atoms with Crippen molar-refractivity contribution in [1.82, 2.24) is 5.32 Å². The first kappa shape index (κ1) is 8.01. The molecule has 1 aromatic rings. The molecule has 0 radical (unpaired) electrons. The molecule has 12 heavy (non-hydrogen) atoms. The zero-order valence-corrected chi connectivity index (χ0v) is 8.54. The number of hydrogen-bond acceptors (Lipinski definition) is 2. The number of fused-ring (bicyclic) bond motifs is 1. The van der Waals surface area contributed by atoms with E-state index in [0.29, 0.717) is 5.17 Å². The SMILES string of the molecule is S=C1NCc2ccc(Br)cc2O1. The Kier molecular flexibility index (Phi) is 2.02. The third kappa shape index (κ3) is 1.44. The van der Waals surface area contributed by atoms with Crippen molar-refractivity contribution in [3.8, 4) is 5.75 Å². The van der Waals surface area contributed by atoms with Crippen LogP contribution in [0.5, 0.6) is 5.75 Å². The van der Waals surface area contributed by atoms with Crippen molar-refractivity contribution < 1.29 is 4.74 Å². The summed E-state index contributed by atoms with van der Waals surface area (Å²) in [5.41, 5.74) is 1.13. The molecule has 0 saturated heterocycles. The average Bonchev–Trinajstić information content (AvgIpc) is 2.03. The summed E-state index contributed by atoms with van der Waals surface area (Å²) < 4.78 is 6.31. The predicted octanol–water partition coefficient (Wildman–Crippen LogP) is 2.22. The van der Waals surface area contributed by atoms with Crippen molar-refractivity contribution in [2.24, 2.45) is 0 Å². The van der Waals surface area contributed by atoms with Crippen LogP contribution in [0, 0.1) is 0 Å². The minimum absolute atomic E-state index is 0.445. The van der Waals surface area contributed by atoms with E-state index >= 15 is 0 Å². The van der Waals surface area contributed by atoms with Gasteiger partial charge in [0, 0.05) is 16.6 Å². The molecule has 0 atom stereocenters. The van der Waals surface area contributed by atoms with E-state index in [-0.39, 0.29) is 0 Å². The zero-order valence-electron chi connectivity index (χ0n) is 6.13. The molecule has 0 unspecified atom stereocenters. The Hall–Kier alpha value is -0.610. The van der Waals surface area contributed by atoms with E-state index in [1.54, 1.807) is 0 Å². The van der Waals surface area contributed by atoms with Gasteiger partial charge < -0.3 is 10.1 Å². The van der Waals surface area contributed by atoms with Gasteiger partial charge in [-0.25, -0.2) is 0 Å². The van der Waals surface area contributed by atoms with E-state index in [9.17, 15) is 0 Å². The smallest absolute Gasteiger partial charge is 0.262 e. The fraction of sp³-hybridized carbons (Fsp3) is 0.125. The molecule has 1 heterocycles. The van der Waals surface area contributed by atoms with Crippen LogP contribution in [0.2, 0.25) is 0 Å². The molecule has 0 aliphatic carbocycles. The first-order valence-electron chi connectivity index (χ1n) is 3.50. The second-order valence-electron chi connectivity index (χ2n) is 2.50.